The Labute approximate surface area is 126 Å². The lowest BCUT2D eigenvalue weighted by atomic mass is 10.2. The summed E-state index contributed by atoms with van der Waals surface area (Å²) in [5.41, 5.74) is 0.380. The second-order valence-corrected chi connectivity index (χ2v) is 5.50. The number of nitrogens with zero attached hydrogens (tertiary/aromatic N) is 1. The third-order valence-corrected chi connectivity index (χ3v) is 3.69. The Morgan fingerprint density at radius 3 is 2.71 bits per heavy atom. The normalized spacial score (nSPS) is 15.8. The molecule has 0 aromatic heterocycles. The van der Waals surface area contributed by atoms with Gasteiger partial charge in [-0.15, -0.1) is 0 Å². The molecule has 0 saturated heterocycles. The van der Waals surface area contributed by atoms with Crippen molar-refractivity contribution in [3.05, 3.63) is 29.0 Å². The highest BCUT2D eigenvalue weighted by Crippen LogP contribution is 2.28. The van der Waals surface area contributed by atoms with Crippen LogP contribution in [0.4, 0.5) is 10.1 Å². The molecular weight excluding hydrogens is 299 g/mol. The van der Waals surface area contributed by atoms with Crippen LogP contribution in [-0.4, -0.2) is 40.5 Å². The monoisotopic (exact) mass is 314 g/mol. The van der Waals surface area contributed by atoms with E-state index in [1.165, 1.54) is 12.1 Å². The fourth-order valence-corrected chi connectivity index (χ4v) is 2.25. The Kier molecular flexibility index (Phi) is 4.80. The van der Waals surface area contributed by atoms with Crippen molar-refractivity contribution < 1.29 is 19.1 Å². The van der Waals surface area contributed by atoms with Gasteiger partial charge < -0.3 is 10.4 Å². The number of aliphatic carboxylic acids is 1. The van der Waals surface area contributed by atoms with Crippen LogP contribution in [0.1, 0.15) is 19.8 Å². The first kappa shape index (κ1) is 15.7. The topological polar surface area (TPSA) is 69.6 Å². The average Bonchev–Trinajstić information content (AvgIpc) is 3.24. The number of hydrogen-bond acceptors (Lipinski definition) is 3. The Morgan fingerprint density at radius 2 is 2.19 bits per heavy atom. The summed E-state index contributed by atoms with van der Waals surface area (Å²) < 4.78 is 13.0. The quantitative estimate of drug-likeness (QED) is 0.845. The zero-order chi connectivity index (χ0) is 15.6. The van der Waals surface area contributed by atoms with E-state index in [-0.39, 0.29) is 23.5 Å². The van der Waals surface area contributed by atoms with Crippen molar-refractivity contribution in [1.82, 2.24) is 4.90 Å². The molecule has 1 aliphatic rings. The molecule has 7 heteroatoms. The van der Waals surface area contributed by atoms with Gasteiger partial charge in [-0.2, -0.15) is 0 Å². The number of carbonyl (C=O) groups excluding carboxylic acids is 1. The summed E-state index contributed by atoms with van der Waals surface area (Å²) in [6, 6.07) is 3.30. The van der Waals surface area contributed by atoms with Crippen LogP contribution in [0, 0.1) is 5.82 Å². The zero-order valence-corrected chi connectivity index (χ0v) is 12.2. The molecule has 1 aromatic carbocycles. The van der Waals surface area contributed by atoms with Crippen LogP contribution in [0.5, 0.6) is 0 Å². The van der Waals surface area contributed by atoms with Crippen LogP contribution in [0.3, 0.4) is 0 Å². The second-order valence-electron chi connectivity index (χ2n) is 5.09. The average molecular weight is 315 g/mol. The number of anilines is 1. The molecule has 1 amide bonds. The summed E-state index contributed by atoms with van der Waals surface area (Å²) in [5.74, 6) is -1.87. The van der Waals surface area contributed by atoms with Gasteiger partial charge in [-0.05, 0) is 38.0 Å². The lowest BCUT2D eigenvalue weighted by molar-refractivity contribution is -0.143. The van der Waals surface area contributed by atoms with Crippen LogP contribution in [0.25, 0.3) is 0 Å². The summed E-state index contributed by atoms with van der Waals surface area (Å²) in [6.45, 7) is 1.54. The van der Waals surface area contributed by atoms with E-state index in [1.807, 2.05) is 0 Å². The standard InChI is InChI=1S/C14H16ClFN2O3/c1-8(14(20)21)18(10-3-4-10)7-13(19)17-9-2-5-12(16)11(15)6-9/h2,5-6,8,10H,3-4,7H2,1H3,(H,17,19)(H,20,21). The van der Waals surface area contributed by atoms with E-state index in [9.17, 15) is 14.0 Å². The molecule has 1 saturated carbocycles. The van der Waals surface area contributed by atoms with Gasteiger partial charge in [0.15, 0.2) is 0 Å². The minimum absolute atomic E-state index is 0.0207. The van der Waals surface area contributed by atoms with Crippen molar-refractivity contribution in [3.8, 4) is 0 Å². The molecule has 1 aromatic rings. The predicted molar refractivity (Wildman–Crippen MR) is 76.9 cm³/mol. The maximum Gasteiger partial charge on any atom is 0.320 e. The molecule has 21 heavy (non-hydrogen) atoms. The third kappa shape index (κ3) is 4.15. The molecule has 0 aliphatic heterocycles. The molecule has 2 rings (SSSR count). The maximum atomic E-state index is 13.0. The number of nitrogens with one attached hydrogen (secondary N) is 1. The molecule has 0 radical (unpaired) electrons. The van der Waals surface area contributed by atoms with Gasteiger partial charge in [0.1, 0.15) is 11.9 Å². The second kappa shape index (κ2) is 6.41. The SMILES string of the molecule is CC(C(=O)O)N(CC(=O)Nc1ccc(F)c(Cl)c1)C1CC1. The fourth-order valence-electron chi connectivity index (χ4n) is 2.07. The number of rotatable bonds is 6. The molecular formula is C14H16ClFN2O3. The number of benzene rings is 1. The maximum absolute atomic E-state index is 13.0. The summed E-state index contributed by atoms with van der Waals surface area (Å²) in [7, 11) is 0. The smallest absolute Gasteiger partial charge is 0.320 e. The lowest BCUT2D eigenvalue weighted by Crippen LogP contribution is -2.44. The Bertz CT molecular complexity index is 563. The van der Waals surface area contributed by atoms with E-state index in [0.29, 0.717) is 5.69 Å². The van der Waals surface area contributed by atoms with Gasteiger partial charge in [0.05, 0.1) is 11.6 Å². The van der Waals surface area contributed by atoms with Crippen LogP contribution >= 0.6 is 11.6 Å². The highest BCUT2D eigenvalue weighted by atomic mass is 35.5. The number of carboxylic acids is 1. The van der Waals surface area contributed by atoms with Crippen molar-refractivity contribution >= 4 is 29.2 Å². The molecule has 114 valence electrons. The number of amides is 1. The van der Waals surface area contributed by atoms with Crippen LogP contribution in [0.2, 0.25) is 5.02 Å². The molecule has 1 fully saturated rings. The molecule has 1 aliphatic carbocycles. The van der Waals surface area contributed by atoms with E-state index in [2.05, 4.69) is 5.32 Å². The van der Waals surface area contributed by atoms with Crippen molar-refractivity contribution in [2.24, 2.45) is 0 Å². The first-order valence-corrected chi connectivity index (χ1v) is 6.99. The van der Waals surface area contributed by atoms with Gasteiger partial charge in [0, 0.05) is 11.7 Å². The molecule has 1 unspecified atom stereocenters. The molecule has 5 nitrogen and oxygen atoms in total. The van der Waals surface area contributed by atoms with Crippen LogP contribution in [0.15, 0.2) is 18.2 Å². The van der Waals surface area contributed by atoms with E-state index >= 15 is 0 Å². The first-order valence-electron chi connectivity index (χ1n) is 6.62. The number of carbonyl (C=O) groups is 2. The molecule has 0 spiro atoms. The Morgan fingerprint density at radius 1 is 1.52 bits per heavy atom. The van der Waals surface area contributed by atoms with E-state index in [4.69, 9.17) is 16.7 Å². The summed E-state index contributed by atoms with van der Waals surface area (Å²) in [6.07, 6.45) is 1.79. The molecule has 1 atom stereocenters. The molecule has 0 heterocycles. The highest BCUT2D eigenvalue weighted by Gasteiger charge is 2.36. The van der Waals surface area contributed by atoms with Crippen LogP contribution < -0.4 is 5.32 Å². The van der Waals surface area contributed by atoms with Crippen molar-refractivity contribution in [2.75, 3.05) is 11.9 Å². The van der Waals surface area contributed by atoms with E-state index in [1.54, 1.807) is 11.8 Å². The van der Waals surface area contributed by atoms with Gasteiger partial charge in [-0.1, -0.05) is 11.6 Å². The third-order valence-electron chi connectivity index (χ3n) is 3.40. The fraction of sp³-hybridized carbons (Fsp3) is 0.429. The summed E-state index contributed by atoms with van der Waals surface area (Å²) >= 11 is 5.64. The Balaban J connectivity index is 1.99. The van der Waals surface area contributed by atoms with Crippen molar-refractivity contribution in [1.29, 1.82) is 0 Å². The number of halogens is 2. The highest BCUT2D eigenvalue weighted by molar-refractivity contribution is 6.31. The zero-order valence-electron chi connectivity index (χ0n) is 11.5. The number of hydrogen-bond donors (Lipinski definition) is 2. The van der Waals surface area contributed by atoms with Crippen LogP contribution in [-0.2, 0) is 9.59 Å². The van der Waals surface area contributed by atoms with E-state index in [0.717, 1.165) is 18.9 Å². The largest absolute Gasteiger partial charge is 0.480 e. The van der Waals surface area contributed by atoms with Crippen molar-refractivity contribution in [3.63, 3.8) is 0 Å². The first-order chi connectivity index (χ1) is 9.88. The minimum Gasteiger partial charge on any atom is -0.480 e. The van der Waals surface area contributed by atoms with Gasteiger partial charge in [0.2, 0.25) is 5.91 Å². The summed E-state index contributed by atoms with van der Waals surface area (Å²) in [5, 5.41) is 11.6. The van der Waals surface area contributed by atoms with Crippen molar-refractivity contribution in [2.45, 2.75) is 31.8 Å². The van der Waals surface area contributed by atoms with Gasteiger partial charge in [-0.25, -0.2) is 4.39 Å². The minimum atomic E-state index is -0.959. The Hall–Kier alpha value is -1.66. The van der Waals surface area contributed by atoms with Gasteiger partial charge >= 0.3 is 5.97 Å². The summed E-state index contributed by atoms with van der Waals surface area (Å²) in [4.78, 5) is 24.7. The molecule has 0 bridgehead atoms. The molecule has 2 N–H and O–H groups in total. The lowest BCUT2D eigenvalue weighted by Gasteiger charge is -2.25. The number of carboxylic acid groups (broad SMARTS) is 1. The van der Waals surface area contributed by atoms with Gasteiger partial charge in [0.25, 0.3) is 0 Å². The van der Waals surface area contributed by atoms with Gasteiger partial charge in [-0.3, -0.25) is 14.5 Å². The predicted octanol–water partition coefficient (Wildman–Crippen LogP) is 2.36. The van der Waals surface area contributed by atoms with E-state index < -0.39 is 17.8 Å².